The van der Waals surface area contributed by atoms with E-state index in [-0.39, 0.29) is 17.7 Å². The molecule has 1 aliphatic rings. The first-order valence-electron chi connectivity index (χ1n) is 5.51. The van der Waals surface area contributed by atoms with Crippen LogP contribution in [0.1, 0.15) is 18.4 Å². The Hall–Kier alpha value is -1.55. The summed E-state index contributed by atoms with van der Waals surface area (Å²) in [7, 11) is 0. The molecule has 1 amide bonds. The second-order valence-electron chi connectivity index (χ2n) is 4.11. The molecule has 1 atom stereocenters. The number of para-hydroxylation sites is 1. The first-order chi connectivity index (χ1) is 7.68. The highest BCUT2D eigenvalue weighted by Crippen LogP contribution is 2.26. The van der Waals surface area contributed by atoms with Crippen LogP contribution < -0.4 is 10.6 Å². The average molecular weight is 220 g/mol. The van der Waals surface area contributed by atoms with Crippen LogP contribution in [-0.2, 0) is 4.79 Å². The normalized spacial score (nSPS) is 19.7. The fourth-order valence-corrected chi connectivity index (χ4v) is 1.89. The molecule has 86 valence electrons. The van der Waals surface area contributed by atoms with Crippen molar-refractivity contribution in [3.63, 3.8) is 0 Å². The van der Waals surface area contributed by atoms with Crippen molar-refractivity contribution < 1.29 is 9.90 Å². The predicted octanol–water partition coefficient (Wildman–Crippen LogP) is 1.39. The Labute approximate surface area is 94.7 Å². The van der Waals surface area contributed by atoms with Gasteiger partial charge >= 0.3 is 0 Å². The third kappa shape index (κ3) is 2.17. The number of phenols is 1. The predicted molar refractivity (Wildman–Crippen MR) is 62.5 cm³/mol. The molecule has 0 aromatic heterocycles. The molecule has 3 N–H and O–H groups in total. The van der Waals surface area contributed by atoms with Crippen molar-refractivity contribution in [2.45, 2.75) is 25.8 Å². The summed E-state index contributed by atoms with van der Waals surface area (Å²) < 4.78 is 0. The van der Waals surface area contributed by atoms with Gasteiger partial charge in [-0.15, -0.1) is 0 Å². The number of aryl methyl sites for hydroxylation is 1. The zero-order valence-electron chi connectivity index (χ0n) is 9.29. The smallest absolute Gasteiger partial charge is 0.241 e. The lowest BCUT2D eigenvalue weighted by atomic mass is 10.1. The number of phenolic OH excluding ortho intramolecular Hbond substituents is 1. The number of hydrogen-bond acceptors (Lipinski definition) is 3. The lowest BCUT2D eigenvalue weighted by molar-refractivity contribution is -0.117. The minimum absolute atomic E-state index is 0.0709. The maximum absolute atomic E-state index is 11.8. The first-order valence-corrected chi connectivity index (χ1v) is 5.51. The molecule has 0 radical (unpaired) electrons. The van der Waals surface area contributed by atoms with Crippen LogP contribution in [0.3, 0.4) is 0 Å². The molecule has 1 fully saturated rings. The molecule has 1 aromatic carbocycles. The number of anilines is 1. The topological polar surface area (TPSA) is 61.4 Å². The van der Waals surface area contributed by atoms with Crippen molar-refractivity contribution in [3.8, 4) is 5.75 Å². The number of carbonyl (C=O) groups excluding carboxylic acids is 1. The van der Waals surface area contributed by atoms with Gasteiger partial charge in [0.2, 0.25) is 5.91 Å². The summed E-state index contributed by atoms with van der Waals surface area (Å²) >= 11 is 0. The van der Waals surface area contributed by atoms with E-state index in [9.17, 15) is 9.90 Å². The van der Waals surface area contributed by atoms with Gasteiger partial charge in [-0.1, -0.05) is 12.1 Å². The van der Waals surface area contributed by atoms with Crippen LogP contribution in [0.25, 0.3) is 0 Å². The molecule has 1 heterocycles. The molecule has 0 spiro atoms. The Kier molecular flexibility index (Phi) is 3.10. The fraction of sp³-hybridized carbons (Fsp3) is 0.417. The quantitative estimate of drug-likeness (QED) is 0.660. The molecule has 1 saturated heterocycles. The summed E-state index contributed by atoms with van der Waals surface area (Å²) in [6.45, 7) is 2.69. The second kappa shape index (κ2) is 4.53. The summed E-state index contributed by atoms with van der Waals surface area (Å²) in [6.07, 6.45) is 1.89. The molecule has 0 bridgehead atoms. The summed E-state index contributed by atoms with van der Waals surface area (Å²) in [5.41, 5.74) is 1.25. The van der Waals surface area contributed by atoms with Crippen molar-refractivity contribution in [3.05, 3.63) is 23.8 Å². The van der Waals surface area contributed by atoms with Crippen LogP contribution in [-0.4, -0.2) is 23.6 Å². The van der Waals surface area contributed by atoms with Crippen LogP contribution in [0.2, 0.25) is 0 Å². The summed E-state index contributed by atoms with van der Waals surface area (Å²) in [5, 5.41) is 15.6. The Bertz CT molecular complexity index is 398. The van der Waals surface area contributed by atoms with Crippen molar-refractivity contribution >= 4 is 11.6 Å². The van der Waals surface area contributed by atoms with E-state index in [1.807, 2.05) is 6.07 Å². The van der Waals surface area contributed by atoms with E-state index in [1.54, 1.807) is 19.1 Å². The summed E-state index contributed by atoms with van der Waals surface area (Å²) in [6, 6.07) is 5.20. The van der Waals surface area contributed by atoms with E-state index in [4.69, 9.17) is 0 Å². The number of amides is 1. The first kappa shape index (κ1) is 11.0. The second-order valence-corrected chi connectivity index (χ2v) is 4.11. The number of hydrogen-bond donors (Lipinski definition) is 3. The SMILES string of the molecule is Cc1cccc(NC(=O)C2CCCN2)c1O. The van der Waals surface area contributed by atoms with Gasteiger partial charge in [0.1, 0.15) is 5.75 Å². The largest absolute Gasteiger partial charge is 0.505 e. The van der Waals surface area contributed by atoms with Crippen LogP contribution in [0.15, 0.2) is 18.2 Å². The van der Waals surface area contributed by atoms with Crippen molar-refractivity contribution in [1.82, 2.24) is 5.32 Å². The van der Waals surface area contributed by atoms with Crippen LogP contribution in [0.5, 0.6) is 5.75 Å². The zero-order chi connectivity index (χ0) is 11.5. The Morgan fingerprint density at radius 3 is 3.06 bits per heavy atom. The monoisotopic (exact) mass is 220 g/mol. The van der Waals surface area contributed by atoms with Gasteiger partial charge in [-0.25, -0.2) is 0 Å². The molecule has 1 unspecified atom stereocenters. The summed E-state index contributed by atoms with van der Waals surface area (Å²) in [5.74, 6) is 0.0762. The highest BCUT2D eigenvalue weighted by atomic mass is 16.3. The molecular weight excluding hydrogens is 204 g/mol. The third-order valence-corrected chi connectivity index (χ3v) is 2.87. The maximum Gasteiger partial charge on any atom is 0.241 e. The van der Waals surface area contributed by atoms with Gasteiger partial charge in [-0.3, -0.25) is 4.79 Å². The lowest BCUT2D eigenvalue weighted by Crippen LogP contribution is -2.35. The zero-order valence-corrected chi connectivity index (χ0v) is 9.29. The average Bonchev–Trinajstić information content (AvgIpc) is 2.78. The van der Waals surface area contributed by atoms with Crippen LogP contribution >= 0.6 is 0 Å². The molecule has 2 rings (SSSR count). The van der Waals surface area contributed by atoms with Crippen molar-refractivity contribution in [2.24, 2.45) is 0 Å². The molecule has 16 heavy (non-hydrogen) atoms. The number of carbonyl (C=O) groups is 1. The molecule has 0 saturated carbocycles. The standard InChI is InChI=1S/C12H16N2O2/c1-8-4-2-5-9(11(8)15)14-12(16)10-6-3-7-13-10/h2,4-5,10,13,15H,3,6-7H2,1H3,(H,14,16). The number of aromatic hydroxyl groups is 1. The van der Waals surface area contributed by atoms with E-state index in [0.717, 1.165) is 24.9 Å². The minimum Gasteiger partial charge on any atom is -0.505 e. The Morgan fingerprint density at radius 2 is 2.38 bits per heavy atom. The van der Waals surface area contributed by atoms with Gasteiger partial charge in [0.05, 0.1) is 11.7 Å². The molecule has 1 aliphatic heterocycles. The number of nitrogens with one attached hydrogen (secondary N) is 2. The Balaban J connectivity index is 2.08. The Morgan fingerprint density at radius 1 is 1.56 bits per heavy atom. The number of benzene rings is 1. The molecule has 1 aromatic rings. The third-order valence-electron chi connectivity index (χ3n) is 2.87. The number of rotatable bonds is 2. The van der Waals surface area contributed by atoms with Crippen LogP contribution in [0.4, 0.5) is 5.69 Å². The lowest BCUT2D eigenvalue weighted by Gasteiger charge is -2.12. The van der Waals surface area contributed by atoms with E-state index in [2.05, 4.69) is 10.6 Å². The van der Waals surface area contributed by atoms with E-state index in [1.165, 1.54) is 0 Å². The van der Waals surface area contributed by atoms with Crippen LogP contribution in [0, 0.1) is 6.92 Å². The molecule has 0 aliphatic carbocycles. The minimum atomic E-state index is -0.125. The molecular formula is C12H16N2O2. The van der Waals surface area contributed by atoms with E-state index in [0.29, 0.717) is 5.69 Å². The van der Waals surface area contributed by atoms with Gasteiger partial charge in [-0.2, -0.15) is 0 Å². The van der Waals surface area contributed by atoms with E-state index < -0.39 is 0 Å². The van der Waals surface area contributed by atoms with Gasteiger partial charge in [-0.05, 0) is 37.9 Å². The molecule has 4 nitrogen and oxygen atoms in total. The van der Waals surface area contributed by atoms with Gasteiger partial charge < -0.3 is 15.7 Å². The fourth-order valence-electron chi connectivity index (χ4n) is 1.89. The van der Waals surface area contributed by atoms with E-state index >= 15 is 0 Å². The highest BCUT2D eigenvalue weighted by Gasteiger charge is 2.22. The highest BCUT2D eigenvalue weighted by molar-refractivity contribution is 5.96. The van der Waals surface area contributed by atoms with Gasteiger partial charge in [0.15, 0.2) is 0 Å². The van der Waals surface area contributed by atoms with Crippen molar-refractivity contribution in [2.75, 3.05) is 11.9 Å². The molecule has 4 heteroatoms. The van der Waals surface area contributed by atoms with Gasteiger partial charge in [0, 0.05) is 0 Å². The maximum atomic E-state index is 11.8. The van der Waals surface area contributed by atoms with Crippen molar-refractivity contribution in [1.29, 1.82) is 0 Å². The van der Waals surface area contributed by atoms with Gasteiger partial charge in [0.25, 0.3) is 0 Å². The summed E-state index contributed by atoms with van der Waals surface area (Å²) in [4.78, 5) is 11.8.